The summed E-state index contributed by atoms with van der Waals surface area (Å²) in [7, 11) is 0. The van der Waals surface area contributed by atoms with Crippen molar-refractivity contribution in [1.29, 1.82) is 0 Å². The number of thiophene rings is 2. The highest BCUT2D eigenvalue weighted by Gasteiger charge is 2.12. The Bertz CT molecular complexity index is 1920. The Morgan fingerprint density at radius 1 is 0.397 bits per heavy atom. The minimum absolute atomic E-state index is 0.661. The van der Waals surface area contributed by atoms with Crippen LogP contribution in [0.5, 0.6) is 0 Å². The molecule has 5 aromatic rings. The number of unbranched alkanes of at least 4 members (excludes halogenated alkanes) is 3. The molecule has 0 saturated carbocycles. The summed E-state index contributed by atoms with van der Waals surface area (Å²) in [5, 5.41) is 0. The molecule has 6 heteroatoms. The zero-order valence-corrected chi connectivity index (χ0v) is 37.2. The van der Waals surface area contributed by atoms with E-state index < -0.39 is 0 Å². The summed E-state index contributed by atoms with van der Waals surface area (Å²) in [5.41, 5.74) is 10.3. The van der Waals surface area contributed by atoms with E-state index in [4.69, 9.17) is 18.9 Å². The zero-order valence-electron chi connectivity index (χ0n) is 35.6. The number of aryl methyl sites for hydroxylation is 2. The van der Waals surface area contributed by atoms with E-state index >= 15 is 0 Å². The maximum Gasteiger partial charge on any atom is 0.0700 e. The molecule has 0 aliphatic heterocycles. The van der Waals surface area contributed by atoms with Gasteiger partial charge < -0.3 is 18.9 Å². The molecule has 0 aliphatic carbocycles. The molecule has 0 amide bonds. The van der Waals surface area contributed by atoms with Gasteiger partial charge in [-0.1, -0.05) is 137 Å². The summed E-state index contributed by atoms with van der Waals surface area (Å²) < 4.78 is 22.8. The van der Waals surface area contributed by atoms with Gasteiger partial charge in [0.25, 0.3) is 0 Å². The third-order valence-corrected chi connectivity index (χ3v) is 12.8. The molecule has 2 aromatic heterocycles. The van der Waals surface area contributed by atoms with Gasteiger partial charge in [-0.3, -0.25) is 0 Å². The van der Waals surface area contributed by atoms with E-state index in [0.717, 1.165) is 58.5 Å². The van der Waals surface area contributed by atoms with Gasteiger partial charge in [-0.05, 0) is 95.7 Å². The third kappa shape index (κ3) is 15.5. The molecule has 3 aromatic carbocycles. The lowest BCUT2D eigenvalue weighted by Crippen LogP contribution is -2.07. The van der Waals surface area contributed by atoms with Crippen LogP contribution in [-0.4, -0.2) is 52.9 Å². The van der Waals surface area contributed by atoms with E-state index in [2.05, 4.69) is 130 Å². The molecule has 0 N–H and O–H groups in total. The van der Waals surface area contributed by atoms with Crippen molar-refractivity contribution in [2.45, 2.75) is 91.9 Å². The lowest BCUT2D eigenvalue weighted by Gasteiger charge is -2.06. The molecule has 0 aliphatic rings. The van der Waals surface area contributed by atoms with E-state index in [0.29, 0.717) is 26.4 Å². The number of benzene rings is 3. The second-order valence-corrected chi connectivity index (χ2v) is 17.1. The second kappa shape index (κ2) is 26.5. The third-order valence-electron chi connectivity index (χ3n) is 10.2. The lowest BCUT2D eigenvalue weighted by molar-refractivity contribution is 0.0480. The molecular formula is C52H66O4S2. The summed E-state index contributed by atoms with van der Waals surface area (Å²) in [5.74, 6) is 0. The fraction of sp³-hybridized carbons (Fsp3) is 0.423. The zero-order chi connectivity index (χ0) is 40.6. The van der Waals surface area contributed by atoms with E-state index in [1.54, 1.807) is 0 Å². The van der Waals surface area contributed by atoms with Crippen molar-refractivity contribution in [2.75, 3.05) is 52.9 Å². The Morgan fingerprint density at radius 2 is 0.759 bits per heavy atom. The fourth-order valence-electron chi connectivity index (χ4n) is 6.68. The van der Waals surface area contributed by atoms with Crippen LogP contribution in [0, 0.1) is 0 Å². The summed E-state index contributed by atoms with van der Waals surface area (Å²) in [6.07, 6.45) is 20.1. The topological polar surface area (TPSA) is 36.9 Å². The molecule has 310 valence electrons. The van der Waals surface area contributed by atoms with Crippen LogP contribution in [0.4, 0.5) is 0 Å². The average Bonchev–Trinajstić information content (AvgIpc) is 3.87. The van der Waals surface area contributed by atoms with Crippen LogP contribution in [-0.2, 0) is 44.6 Å². The van der Waals surface area contributed by atoms with Crippen molar-refractivity contribution in [1.82, 2.24) is 0 Å². The van der Waals surface area contributed by atoms with Crippen LogP contribution in [0.3, 0.4) is 0 Å². The standard InChI is InChI=1S/C52H66O4S2/c1-5-9-12-47-39-51(57-49(47)30-33-55-36-35-53-8-4)45-26-22-43(23-27-45)20-18-41-14-16-42(17-15-41)19-21-44-24-28-46(29-25-44)52-40-48(13-10-6-2)50(58-52)31-34-56-38-37-54-32-11-7-3/h14-29,39-40H,5-13,30-38H2,1-4H3/b20-18+,21-19+. The Labute approximate surface area is 358 Å². The van der Waals surface area contributed by atoms with Gasteiger partial charge in [-0.25, -0.2) is 0 Å². The monoisotopic (exact) mass is 818 g/mol. The fourth-order valence-corrected chi connectivity index (χ4v) is 9.08. The molecule has 5 rings (SSSR count). The summed E-state index contributed by atoms with van der Waals surface area (Å²) >= 11 is 3.84. The SMILES string of the molecule is CCCCOCCOCCc1sc(-c2ccc(/C=C/c3ccc(/C=C/c4ccc(-c5cc(CCCC)c(CCOCCOCC)s5)cc4)cc3)cc2)cc1CCCC. The molecule has 0 atom stereocenters. The van der Waals surface area contributed by atoms with E-state index in [9.17, 15) is 0 Å². The molecule has 0 unspecified atom stereocenters. The first-order chi connectivity index (χ1) is 28.6. The molecule has 58 heavy (non-hydrogen) atoms. The highest BCUT2D eigenvalue weighted by atomic mass is 32.1. The van der Waals surface area contributed by atoms with Crippen LogP contribution in [0.1, 0.15) is 109 Å². The number of ether oxygens (including phenoxy) is 4. The van der Waals surface area contributed by atoms with E-state index in [1.807, 2.05) is 29.6 Å². The van der Waals surface area contributed by atoms with Crippen LogP contribution < -0.4 is 0 Å². The molecular weight excluding hydrogens is 753 g/mol. The number of rotatable bonds is 28. The summed E-state index contributed by atoms with van der Waals surface area (Å²) in [6.45, 7) is 14.5. The number of hydrogen-bond donors (Lipinski definition) is 0. The van der Waals surface area contributed by atoms with Crippen molar-refractivity contribution < 1.29 is 18.9 Å². The Kier molecular flexibility index (Phi) is 20.8. The first-order valence-electron chi connectivity index (χ1n) is 21.8. The van der Waals surface area contributed by atoms with Crippen LogP contribution in [0.25, 0.3) is 45.2 Å². The van der Waals surface area contributed by atoms with Crippen LogP contribution >= 0.6 is 22.7 Å². The van der Waals surface area contributed by atoms with Gasteiger partial charge in [0.15, 0.2) is 0 Å². The van der Waals surface area contributed by atoms with Crippen molar-refractivity contribution in [3.8, 4) is 20.9 Å². The maximum atomic E-state index is 5.92. The van der Waals surface area contributed by atoms with Crippen molar-refractivity contribution in [3.63, 3.8) is 0 Å². The smallest absolute Gasteiger partial charge is 0.0700 e. The van der Waals surface area contributed by atoms with Gasteiger partial charge >= 0.3 is 0 Å². The average molecular weight is 819 g/mol. The molecule has 0 spiro atoms. The van der Waals surface area contributed by atoms with Gasteiger partial charge in [0.05, 0.1) is 39.6 Å². The Balaban J connectivity index is 1.12. The molecule has 4 nitrogen and oxygen atoms in total. The molecule has 0 fully saturated rings. The minimum atomic E-state index is 0.661. The van der Waals surface area contributed by atoms with Gasteiger partial charge in [-0.15, -0.1) is 22.7 Å². The maximum absolute atomic E-state index is 5.92. The molecule has 0 radical (unpaired) electrons. The highest BCUT2D eigenvalue weighted by molar-refractivity contribution is 7.16. The lowest BCUT2D eigenvalue weighted by atomic mass is 10.0. The minimum Gasteiger partial charge on any atom is -0.379 e. The van der Waals surface area contributed by atoms with Gasteiger partial charge in [0.2, 0.25) is 0 Å². The van der Waals surface area contributed by atoms with Crippen molar-refractivity contribution in [3.05, 3.63) is 128 Å². The Hall–Kier alpha value is -3.62. The molecule has 2 heterocycles. The second-order valence-electron chi connectivity index (χ2n) is 14.8. The first kappa shape index (κ1) is 45.5. The van der Waals surface area contributed by atoms with Crippen LogP contribution in [0.15, 0.2) is 84.9 Å². The first-order valence-corrected chi connectivity index (χ1v) is 23.4. The Morgan fingerprint density at radius 3 is 1.14 bits per heavy atom. The molecule has 0 bridgehead atoms. The van der Waals surface area contributed by atoms with Crippen LogP contribution in [0.2, 0.25) is 0 Å². The predicted molar refractivity (Wildman–Crippen MR) is 252 cm³/mol. The normalized spacial score (nSPS) is 11.8. The van der Waals surface area contributed by atoms with Crippen molar-refractivity contribution in [2.24, 2.45) is 0 Å². The van der Waals surface area contributed by atoms with Gasteiger partial charge in [0.1, 0.15) is 0 Å². The summed E-state index contributed by atoms with van der Waals surface area (Å²) in [6, 6.07) is 31.5. The van der Waals surface area contributed by atoms with Gasteiger partial charge in [-0.2, -0.15) is 0 Å². The van der Waals surface area contributed by atoms with E-state index in [1.165, 1.54) is 96.1 Å². The van der Waals surface area contributed by atoms with E-state index in [-0.39, 0.29) is 0 Å². The summed E-state index contributed by atoms with van der Waals surface area (Å²) in [4.78, 5) is 5.60. The largest absolute Gasteiger partial charge is 0.379 e. The predicted octanol–water partition coefficient (Wildman–Crippen LogP) is 14.1. The number of hydrogen-bond acceptors (Lipinski definition) is 6. The quantitative estimate of drug-likeness (QED) is 0.0372. The van der Waals surface area contributed by atoms with Gasteiger partial charge in [0, 0.05) is 45.6 Å². The molecule has 0 saturated heterocycles. The highest BCUT2D eigenvalue weighted by Crippen LogP contribution is 2.35. The van der Waals surface area contributed by atoms with Crippen molar-refractivity contribution >= 4 is 47.0 Å².